The molecule has 0 aromatic heterocycles. The van der Waals surface area contributed by atoms with Crippen LogP contribution in [0.4, 0.5) is 0 Å². The quantitative estimate of drug-likeness (QED) is 0.453. The van der Waals surface area contributed by atoms with Crippen molar-refractivity contribution in [1.29, 1.82) is 5.26 Å². The SMILES string of the molecule is C[C@]12CCC(=NOCCN)CC1/C(=C/C#N)CC1C2CC[C@]2(C)C(=O)CCC12. The Kier molecular flexibility index (Phi) is 5.12. The first-order valence-corrected chi connectivity index (χ1v) is 10.9. The first-order chi connectivity index (χ1) is 13.4. The highest BCUT2D eigenvalue weighted by Gasteiger charge is 2.61. The number of hydrogen-bond acceptors (Lipinski definition) is 5. The number of nitrogens with zero attached hydrogens (tertiary/aromatic N) is 2. The number of rotatable bonds is 3. The van der Waals surface area contributed by atoms with Crippen LogP contribution in [0.3, 0.4) is 0 Å². The molecule has 0 aliphatic heterocycles. The van der Waals surface area contributed by atoms with Gasteiger partial charge in [-0.25, -0.2) is 0 Å². The summed E-state index contributed by atoms with van der Waals surface area (Å²) in [6.07, 6.45) is 9.68. The molecule has 4 aliphatic rings. The van der Waals surface area contributed by atoms with Gasteiger partial charge in [-0.3, -0.25) is 4.79 Å². The molecule has 0 saturated heterocycles. The number of oxime groups is 1. The van der Waals surface area contributed by atoms with Crippen LogP contribution < -0.4 is 5.73 Å². The molecular weight excluding hydrogens is 350 g/mol. The van der Waals surface area contributed by atoms with Crippen molar-refractivity contribution in [3.8, 4) is 6.07 Å². The van der Waals surface area contributed by atoms with E-state index in [-0.39, 0.29) is 10.8 Å². The Hall–Kier alpha value is -1.67. The Morgan fingerprint density at radius 1 is 1.25 bits per heavy atom. The number of Topliss-reactive ketones (excluding diaryl/α,β-unsaturated/α-hetero) is 1. The Balaban J connectivity index is 1.64. The number of nitrogens with two attached hydrogens (primary N) is 1. The van der Waals surface area contributed by atoms with Crippen molar-refractivity contribution in [3.05, 3.63) is 11.6 Å². The van der Waals surface area contributed by atoms with E-state index in [1.54, 1.807) is 6.08 Å². The number of carbonyl (C=O) groups is 1. The molecule has 0 heterocycles. The zero-order chi connectivity index (χ0) is 19.9. The molecule has 4 saturated carbocycles. The number of allylic oxidation sites excluding steroid dienone is 2. The molecule has 152 valence electrons. The van der Waals surface area contributed by atoms with Gasteiger partial charge in [0.05, 0.1) is 11.8 Å². The van der Waals surface area contributed by atoms with Gasteiger partial charge in [0.1, 0.15) is 12.4 Å². The van der Waals surface area contributed by atoms with Gasteiger partial charge in [-0.2, -0.15) is 5.26 Å². The van der Waals surface area contributed by atoms with E-state index in [1.165, 1.54) is 5.57 Å². The molecule has 0 bridgehead atoms. The number of fused-ring (bicyclic) bond motifs is 5. The van der Waals surface area contributed by atoms with Gasteiger partial charge in [-0.15, -0.1) is 0 Å². The Morgan fingerprint density at radius 3 is 2.82 bits per heavy atom. The standard InChI is InChI=1S/C23H33N3O2/c1-22-8-5-16(26-28-12-11-25)14-20(22)15(7-10-24)13-17-18-3-4-21(27)23(18,2)9-6-19(17)22/h7,17-20H,3-6,8-9,11-14,25H2,1-2H3/b15-7+,26-16?/t17?,18?,19?,20?,22-,23+/m1/s1. The molecule has 0 amide bonds. The minimum Gasteiger partial charge on any atom is -0.395 e. The minimum atomic E-state index is -0.126. The lowest BCUT2D eigenvalue weighted by Gasteiger charge is -2.60. The number of nitriles is 1. The van der Waals surface area contributed by atoms with Crippen LogP contribution in [-0.2, 0) is 9.63 Å². The molecule has 2 N–H and O–H groups in total. The summed E-state index contributed by atoms with van der Waals surface area (Å²) in [6, 6.07) is 2.31. The van der Waals surface area contributed by atoms with E-state index in [4.69, 9.17) is 10.6 Å². The van der Waals surface area contributed by atoms with Gasteiger partial charge >= 0.3 is 0 Å². The van der Waals surface area contributed by atoms with E-state index in [9.17, 15) is 10.1 Å². The van der Waals surface area contributed by atoms with Crippen LogP contribution in [-0.4, -0.2) is 24.6 Å². The Labute approximate surface area is 168 Å². The van der Waals surface area contributed by atoms with Gasteiger partial charge in [0, 0.05) is 24.5 Å². The summed E-state index contributed by atoms with van der Waals surface area (Å²) in [5.74, 6) is 2.51. The second kappa shape index (κ2) is 7.30. The van der Waals surface area contributed by atoms with E-state index < -0.39 is 0 Å². The monoisotopic (exact) mass is 383 g/mol. The van der Waals surface area contributed by atoms with Gasteiger partial charge in [-0.1, -0.05) is 24.6 Å². The summed E-state index contributed by atoms with van der Waals surface area (Å²) in [5, 5.41) is 13.8. The van der Waals surface area contributed by atoms with E-state index >= 15 is 0 Å². The fourth-order valence-corrected chi connectivity index (χ4v) is 7.25. The molecule has 0 aromatic rings. The molecule has 6 atom stereocenters. The van der Waals surface area contributed by atoms with Crippen molar-refractivity contribution >= 4 is 11.5 Å². The van der Waals surface area contributed by atoms with Crippen molar-refractivity contribution in [1.82, 2.24) is 0 Å². The number of hydrogen-bond donors (Lipinski definition) is 1. The molecule has 0 aromatic carbocycles. The maximum Gasteiger partial charge on any atom is 0.139 e. The Morgan fingerprint density at radius 2 is 2.07 bits per heavy atom. The number of ketones is 1. The average Bonchev–Trinajstić information content (AvgIpc) is 2.98. The average molecular weight is 384 g/mol. The molecular formula is C23H33N3O2. The van der Waals surface area contributed by atoms with E-state index in [0.717, 1.165) is 57.1 Å². The lowest BCUT2D eigenvalue weighted by atomic mass is 9.44. The summed E-state index contributed by atoms with van der Waals surface area (Å²) in [7, 11) is 0. The normalized spacial score (nSPS) is 45.3. The van der Waals surface area contributed by atoms with Gasteiger partial charge in [0.2, 0.25) is 0 Å². The van der Waals surface area contributed by atoms with Gasteiger partial charge in [0.15, 0.2) is 0 Å². The highest BCUT2D eigenvalue weighted by atomic mass is 16.6. The lowest BCUT2D eigenvalue weighted by molar-refractivity contribution is -0.134. The van der Waals surface area contributed by atoms with Crippen LogP contribution in [0.15, 0.2) is 16.8 Å². The van der Waals surface area contributed by atoms with E-state index in [0.29, 0.717) is 42.6 Å². The third-order valence-electron chi connectivity index (χ3n) is 8.75. The first kappa shape index (κ1) is 19.6. The lowest BCUT2D eigenvalue weighted by Crippen LogP contribution is -2.54. The molecule has 4 unspecified atom stereocenters. The van der Waals surface area contributed by atoms with Crippen LogP contribution >= 0.6 is 0 Å². The summed E-state index contributed by atoms with van der Waals surface area (Å²) in [5.41, 5.74) is 7.95. The fraction of sp³-hybridized carbons (Fsp3) is 0.783. The van der Waals surface area contributed by atoms with E-state index in [1.807, 2.05) is 0 Å². The maximum absolute atomic E-state index is 12.6. The summed E-state index contributed by atoms with van der Waals surface area (Å²) in [6.45, 7) is 5.58. The smallest absolute Gasteiger partial charge is 0.139 e. The molecule has 5 heteroatoms. The van der Waals surface area contributed by atoms with Crippen LogP contribution in [0, 0.1) is 45.8 Å². The summed E-state index contributed by atoms with van der Waals surface area (Å²) >= 11 is 0. The molecule has 28 heavy (non-hydrogen) atoms. The highest BCUT2D eigenvalue weighted by Crippen LogP contribution is 2.66. The van der Waals surface area contributed by atoms with Gasteiger partial charge < -0.3 is 10.6 Å². The summed E-state index contributed by atoms with van der Waals surface area (Å²) in [4.78, 5) is 18.0. The second-order valence-electron chi connectivity index (χ2n) is 9.89. The zero-order valence-electron chi connectivity index (χ0n) is 17.2. The van der Waals surface area contributed by atoms with Gasteiger partial charge in [0.25, 0.3) is 0 Å². The number of carbonyl (C=O) groups excluding carboxylic acids is 1. The van der Waals surface area contributed by atoms with Crippen LogP contribution in [0.5, 0.6) is 0 Å². The molecule has 4 rings (SSSR count). The molecule has 5 nitrogen and oxygen atoms in total. The Bertz CT molecular complexity index is 751. The van der Waals surface area contributed by atoms with Crippen molar-refractivity contribution in [3.63, 3.8) is 0 Å². The van der Waals surface area contributed by atoms with Crippen molar-refractivity contribution in [2.24, 2.45) is 45.4 Å². The topological polar surface area (TPSA) is 88.5 Å². The fourth-order valence-electron chi connectivity index (χ4n) is 7.25. The van der Waals surface area contributed by atoms with Crippen LogP contribution in [0.2, 0.25) is 0 Å². The van der Waals surface area contributed by atoms with Crippen LogP contribution in [0.25, 0.3) is 0 Å². The molecule has 0 spiro atoms. The first-order valence-electron chi connectivity index (χ1n) is 10.9. The van der Waals surface area contributed by atoms with Crippen molar-refractivity contribution in [2.45, 2.75) is 65.2 Å². The third-order valence-corrected chi connectivity index (χ3v) is 8.75. The van der Waals surface area contributed by atoms with Crippen LogP contribution in [0.1, 0.15) is 65.2 Å². The maximum atomic E-state index is 12.6. The molecule has 4 aliphatic carbocycles. The summed E-state index contributed by atoms with van der Waals surface area (Å²) < 4.78 is 0. The van der Waals surface area contributed by atoms with Crippen molar-refractivity contribution < 1.29 is 9.63 Å². The van der Waals surface area contributed by atoms with Gasteiger partial charge in [-0.05, 0) is 74.0 Å². The largest absolute Gasteiger partial charge is 0.395 e. The third kappa shape index (κ3) is 2.92. The molecule has 0 radical (unpaired) electrons. The predicted molar refractivity (Wildman–Crippen MR) is 108 cm³/mol. The zero-order valence-corrected chi connectivity index (χ0v) is 17.2. The second-order valence-corrected chi connectivity index (χ2v) is 9.89. The highest BCUT2D eigenvalue weighted by molar-refractivity contribution is 5.87. The van der Waals surface area contributed by atoms with E-state index in [2.05, 4.69) is 25.1 Å². The minimum absolute atomic E-state index is 0.126. The molecule has 4 fully saturated rings. The van der Waals surface area contributed by atoms with Crippen molar-refractivity contribution in [2.75, 3.05) is 13.2 Å². The predicted octanol–water partition coefficient (Wildman–Crippen LogP) is 3.99.